The van der Waals surface area contributed by atoms with Gasteiger partial charge >= 0.3 is 5.97 Å². The Morgan fingerprint density at radius 3 is 2.93 bits per heavy atom. The van der Waals surface area contributed by atoms with E-state index in [0.717, 1.165) is 5.56 Å². The van der Waals surface area contributed by atoms with E-state index in [1.165, 1.54) is 34.1 Å². The number of carbonyl (C=O) groups is 3. The lowest BCUT2D eigenvalue weighted by Crippen LogP contribution is -2.70. The van der Waals surface area contributed by atoms with Crippen molar-refractivity contribution in [2.45, 2.75) is 17.8 Å². The number of β-lactam (4-membered cyclic amide) rings is 1. The van der Waals surface area contributed by atoms with Crippen molar-refractivity contribution in [3.05, 3.63) is 47.1 Å². The van der Waals surface area contributed by atoms with Crippen LogP contribution in [0.4, 0.5) is 0 Å². The maximum atomic E-state index is 12.4. The molecule has 2 aliphatic rings. The van der Waals surface area contributed by atoms with Gasteiger partial charge in [0.1, 0.15) is 27.9 Å². The summed E-state index contributed by atoms with van der Waals surface area (Å²) in [4.78, 5) is 41.5. The Bertz CT molecular complexity index is 1000. The molecule has 28 heavy (non-hydrogen) atoms. The summed E-state index contributed by atoms with van der Waals surface area (Å²) in [5.74, 6) is -1.30. The van der Waals surface area contributed by atoms with Gasteiger partial charge in [0.05, 0.1) is 12.1 Å². The number of nitrogens with one attached hydrogen (secondary N) is 1. The van der Waals surface area contributed by atoms with E-state index in [1.54, 1.807) is 23.6 Å². The van der Waals surface area contributed by atoms with Crippen molar-refractivity contribution in [2.24, 2.45) is 0 Å². The number of rotatable bonds is 5. The molecule has 0 unspecified atom stereocenters. The first kappa shape index (κ1) is 18.5. The van der Waals surface area contributed by atoms with Crippen LogP contribution < -0.4 is 5.32 Å². The fraction of sp³-hybridized carbons (Fsp3) is 0.222. The minimum atomic E-state index is -1.15. The summed E-state index contributed by atoms with van der Waals surface area (Å²) in [7, 11) is 0. The third-order valence-electron chi connectivity index (χ3n) is 4.37. The fourth-order valence-corrected chi connectivity index (χ4v) is 5.10. The maximum absolute atomic E-state index is 12.4. The molecule has 1 fully saturated rings. The van der Waals surface area contributed by atoms with E-state index < -0.39 is 23.3 Å². The number of carbonyl (C=O) groups excluding carboxylic acids is 2. The van der Waals surface area contributed by atoms with Gasteiger partial charge in [-0.25, -0.2) is 9.78 Å². The number of carboxylic acid groups (broad SMARTS) is 1. The standard InChI is InChI=1S/C18H15N3O5S2/c22-11-3-1-2-9(6-11)15-19-10(8-28-15)7-13(23)20-14-16(24)21-12(18(25)26)4-5-27-17(14)21/h1-4,6,8,14,17,22H,5,7H2,(H,20,23)(H,25,26)/t14-,17-/m1/s1. The zero-order valence-electron chi connectivity index (χ0n) is 14.4. The van der Waals surface area contributed by atoms with Crippen LogP contribution in [0.3, 0.4) is 0 Å². The lowest BCUT2D eigenvalue weighted by atomic mass is 10.0. The molecule has 0 aliphatic carbocycles. The first-order chi connectivity index (χ1) is 13.4. The van der Waals surface area contributed by atoms with Crippen molar-refractivity contribution in [1.29, 1.82) is 0 Å². The topological polar surface area (TPSA) is 120 Å². The van der Waals surface area contributed by atoms with Gasteiger partial charge in [-0.05, 0) is 18.2 Å². The van der Waals surface area contributed by atoms with Crippen LogP contribution in [-0.4, -0.2) is 55.0 Å². The quantitative estimate of drug-likeness (QED) is 0.630. The third-order valence-corrected chi connectivity index (χ3v) is 6.49. The average molecular weight is 417 g/mol. The molecule has 1 aromatic carbocycles. The highest BCUT2D eigenvalue weighted by Crippen LogP contribution is 2.37. The van der Waals surface area contributed by atoms with Gasteiger partial charge < -0.3 is 15.5 Å². The second kappa shape index (κ2) is 7.28. The van der Waals surface area contributed by atoms with Gasteiger partial charge in [0, 0.05) is 16.7 Å². The molecular formula is C18H15N3O5S2. The highest BCUT2D eigenvalue weighted by Gasteiger charge is 2.52. The highest BCUT2D eigenvalue weighted by atomic mass is 32.2. The van der Waals surface area contributed by atoms with Crippen molar-refractivity contribution in [3.8, 4) is 16.3 Å². The molecule has 4 rings (SSSR count). The largest absolute Gasteiger partial charge is 0.508 e. The second-order valence-electron chi connectivity index (χ2n) is 6.24. The van der Waals surface area contributed by atoms with Gasteiger partial charge in [-0.2, -0.15) is 0 Å². The Hall–Kier alpha value is -2.85. The molecule has 2 aromatic rings. The molecule has 0 spiro atoms. The van der Waals surface area contributed by atoms with E-state index in [-0.39, 0.29) is 23.8 Å². The number of aromatic nitrogens is 1. The zero-order valence-corrected chi connectivity index (χ0v) is 16.0. The first-order valence-corrected chi connectivity index (χ1v) is 10.3. The number of hydrogen-bond donors (Lipinski definition) is 3. The Morgan fingerprint density at radius 1 is 1.36 bits per heavy atom. The zero-order chi connectivity index (χ0) is 19.8. The first-order valence-electron chi connectivity index (χ1n) is 8.35. The minimum absolute atomic E-state index is 0.0120. The predicted molar refractivity (Wildman–Crippen MR) is 104 cm³/mol. The maximum Gasteiger partial charge on any atom is 0.352 e. The summed E-state index contributed by atoms with van der Waals surface area (Å²) in [6, 6.07) is 5.97. The molecule has 2 aliphatic heterocycles. The monoisotopic (exact) mass is 417 g/mol. The Labute approximate surface area is 167 Å². The van der Waals surface area contributed by atoms with Crippen LogP contribution in [0.15, 0.2) is 41.4 Å². The molecule has 1 saturated heterocycles. The van der Waals surface area contributed by atoms with Crippen LogP contribution in [0, 0.1) is 0 Å². The number of thiazole rings is 1. The van der Waals surface area contributed by atoms with Crippen molar-refractivity contribution in [2.75, 3.05) is 5.75 Å². The number of fused-ring (bicyclic) bond motifs is 1. The molecule has 10 heteroatoms. The predicted octanol–water partition coefficient (Wildman–Crippen LogP) is 1.43. The number of aliphatic carboxylic acids is 1. The van der Waals surface area contributed by atoms with Crippen molar-refractivity contribution >= 4 is 40.9 Å². The van der Waals surface area contributed by atoms with Gasteiger partial charge in [0.15, 0.2) is 0 Å². The summed E-state index contributed by atoms with van der Waals surface area (Å²) in [5.41, 5.74) is 1.29. The normalized spacial score (nSPS) is 20.8. The van der Waals surface area contributed by atoms with E-state index in [9.17, 15) is 24.6 Å². The van der Waals surface area contributed by atoms with Gasteiger partial charge in [-0.15, -0.1) is 23.1 Å². The molecular weight excluding hydrogens is 402 g/mol. The number of carboxylic acids is 1. The van der Waals surface area contributed by atoms with E-state index >= 15 is 0 Å². The Kier molecular flexibility index (Phi) is 4.82. The fourth-order valence-electron chi connectivity index (χ4n) is 3.09. The summed E-state index contributed by atoms with van der Waals surface area (Å²) in [5, 5.41) is 23.5. The molecule has 2 amide bonds. The molecule has 0 radical (unpaired) electrons. The molecule has 1 aromatic heterocycles. The molecule has 3 N–H and O–H groups in total. The Balaban J connectivity index is 1.39. The average Bonchev–Trinajstić information content (AvgIpc) is 3.13. The highest BCUT2D eigenvalue weighted by molar-refractivity contribution is 8.00. The van der Waals surface area contributed by atoms with E-state index in [0.29, 0.717) is 16.5 Å². The van der Waals surface area contributed by atoms with E-state index in [2.05, 4.69) is 10.3 Å². The van der Waals surface area contributed by atoms with Crippen molar-refractivity contribution in [3.63, 3.8) is 0 Å². The van der Waals surface area contributed by atoms with E-state index in [1.807, 2.05) is 6.07 Å². The van der Waals surface area contributed by atoms with Gasteiger partial charge in [0.2, 0.25) is 5.91 Å². The molecule has 0 bridgehead atoms. The SMILES string of the molecule is O=C(Cc1csc(-c2cccc(O)c2)n1)N[C@@H]1C(=O)N2C(C(=O)O)=CCS[C@H]12. The van der Waals surface area contributed by atoms with Crippen molar-refractivity contribution < 1.29 is 24.6 Å². The van der Waals surface area contributed by atoms with Crippen LogP contribution in [0.1, 0.15) is 5.69 Å². The van der Waals surface area contributed by atoms with E-state index in [4.69, 9.17) is 0 Å². The number of nitrogens with zero attached hydrogens (tertiary/aromatic N) is 2. The third kappa shape index (κ3) is 3.36. The van der Waals surface area contributed by atoms with Crippen molar-refractivity contribution in [1.82, 2.24) is 15.2 Å². The minimum Gasteiger partial charge on any atom is -0.508 e. The van der Waals surface area contributed by atoms with Crippen LogP contribution in [0.2, 0.25) is 0 Å². The number of phenolic OH excluding ortho intramolecular Hbond substituents is 1. The van der Waals surface area contributed by atoms with Crippen LogP contribution in [0.25, 0.3) is 10.6 Å². The second-order valence-corrected chi connectivity index (χ2v) is 8.25. The van der Waals surface area contributed by atoms with Crippen LogP contribution in [-0.2, 0) is 20.8 Å². The summed E-state index contributed by atoms with van der Waals surface area (Å²) in [6.45, 7) is 0. The van der Waals surface area contributed by atoms with Gasteiger partial charge in [0.25, 0.3) is 5.91 Å². The lowest BCUT2D eigenvalue weighted by Gasteiger charge is -2.48. The molecule has 144 valence electrons. The number of phenols is 1. The summed E-state index contributed by atoms with van der Waals surface area (Å²) < 4.78 is 0. The van der Waals surface area contributed by atoms with Gasteiger partial charge in [-0.1, -0.05) is 12.1 Å². The smallest absolute Gasteiger partial charge is 0.352 e. The van der Waals surface area contributed by atoms with Gasteiger partial charge in [-0.3, -0.25) is 14.5 Å². The number of amides is 2. The Morgan fingerprint density at radius 2 is 2.18 bits per heavy atom. The molecule has 3 heterocycles. The lowest BCUT2D eigenvalue weighted by molar-refractivity contribution is -0.150. The number of aromatic hydroxyl groups is 1. The van der Waals surface area contributed by atoms with Crippen LogP contribution in [0.5, 0.6) is 5.75 Å². The summed E-state index contributed by atoms with van der Waals surface area (Å²) >= 11 is 2.77. The number of thioether (sulfide) groups is 1. The van der Waals surface area contributed by atoms with Crippen LogP contribution >= 0.6 is 23.1 Å². The molecule has 8 nitrogen and oxygen atoms in total. The molecule has 0 saturated carbocycles. The summed E-state index contributed by atoms with van der Waals surface area (Å²) in [6.07, 6.45) is 1.51. The number of benzene rings is 1. The molecule has 2 atom stereocenters. The number of hydrogen-bond acceptors (Lipinski definition) is 7.